The molecule has 0 saturated heterocycles. The topological polar surface area (TPSA) is 38.3 Å². The molecule has 3 rings (SSSR count). The molecule has 1 N–H and O–H groups in total. The summed E-state index contributed by atoms with van der Waals surface area (Å²) in [7, 11) is 0. The summed E-state index contributed by atoms with van der Waals surface area (Å²) in [5.41, 5.74) is 2.94. The molecule has 0 fully saturated rings. The minimum atomic E-state index is -0.149. The van der Waals surface area contributed by atoms with Crippen LogP contribution in [0.4, 0.5) is 5.69 Å². The predicted octanol–water partition coefficient (Wildman–Crippen LogP) is 3.84. The fourth-order valence-corrected chi connectivity index (χ4v) is 2.50. The highest BCUT2D eigenvalue weighted by Gasteiger charge is 2.23. The zero-order chi connectivity index (χ0) is 15.5. The molecule has 108 valence electrons. The summed E-state index contributed by atoms with van der Waals surface area (Å²) < 4.78 is 5.50. The van der Waals surface area contributed by atoms with Gasteiger partial charge in [-0.15, -0.1) is 6.42 Å². The lowest BCUT2D eigenvalue weighted by atomic mass is 10.0. The van der Waals surface area contributed by atoms with Gasteiger partial charge in [0.05, 0.1) is 0 Å². The van der Waals surface area contributed by atoms with E-state index in [9.17, 15) is 4.79 Å². The van der Waals surface area contributed by atoms with Gasteiger partial charge in [-0.05, 0) is 30.3 Å². The Labute approximate surface area is 133 Å². The number of para-hydroxylation sites is 1. The lowest BCUT2D eigenvalue weighted by molar-refractivity contribution is -0.110. The molecule has 0 aromatic heterocycles. The normalized spacial score (nSPS) is 14.4. The zero-order valence-electron chi connectivity index (χ0n) is 11.6. The maximum absolute atomic E-state index is 12.2. The van der Waals surface area contributed by atoms with E-state index in [4.69, 9.17) is 22.8 Å². The molecule has 22 heavy (non-hydrogen) atoms. The molecule has 1 aliphatic heterocycles. The van der Waals surface area contributed by atoms with E-state index in [0.29, 0.717) is 21.9 Å². The molecule has 0 spiro atoms. The van der Waals surface area contributed by atoms with Crippen molar-refractivity contribution >= 4 is 34.8 Å². The van der Waals surface area contributed by atoms with Gasteiger partial charge in [0.2, 0.25) is 0 Å². The van der Waals surface area contributed by atoms with Crippen molar-refractivity contribution < 1.29 is 9.53 Å². The number of carbonyl (C=O) groups excluding carboxylic acids is 1. The number of carbonyl (C=O) groups is 1. The smallest absolute Gasteiger partial charge is 0.256 e. The standard InChI is InChI=1S/C18H12ClNO2/c1-2-9-22-17-8-7-13(19)10-12(17)11-15-14-5-3-4-6-16(14)20-18(15)21/h1,3-8,10-11H,9H2,(H,20,21)/b15-11-. The molecule has 1 amide bonds. The van der Waals surface area contributed by atoms with Gasteiger partial charge in [0.25, 0.3) is 5.91 Å². The largest absolute Gasteiger partial charge is 0.480 e. The second-order valence-corrected chi connectivity index (χ2v) is 5.17. The number of nitrogens with one attached hydrogen (secondary N) is 1. The lowest BCUT2D eigenvalue weighted by Crippen LogP contribution is -2.04. The number of halogens is 1. The van der Waals surface area contributed by atoms with Crippen LogP contribution in [0.15, 0.2) is 42.5 Å². The molecule has 2 aromatic rings. The third-order valence-corrected chi connectivity index (χ3v) is 3.53. The highest BCUT2D eigenvalue weighted by molar-refractivity contribution is 6.35. The molecule has 0 aliphatic carbocycles. The predicted molar refractivity (Wildman–Crippen MR) is 88.7 cm³/mol. The minimum Gasteiger partial charge on any atom is -0.480 e. The second kappa shape index (κ2) is 5.97. The molecular formula is C18H12ClNO2. The molecule has 0 bridgehead atoms. The first-order valence-electron chi connectivity index (χ1n) is 6.67. The van der Waals surface area contributed by atoms with E-state index in [1.54, 1.807) is 24.3 Å². The van der Waals surface area contributed by atoms with Crippen LogP contribution in [0, 0.1) is 12.3 Å². The maximum Gasteiger partial charge on any atom is 0.256 e. The molecule has 1 aliphatic rings. The van der Waals surface area contributed by atoms with Crippen LogP contribution in [-0.2, 0) is 4.79 Å². The van der Waals surface area contributed by atoms with Crippen LogP contribution in [0.25, 0.3) is 11.6 Å². The Bertz CT molecular complexity index is 818. The summed E-state index contributed by atoms with van der Waals surface area (Å²) in [6.07, 6.45) is 6.99. The van der Waals surface area contributed by atoms with Gasteiger partial charge in [-0.25, -0.2) is 0 Å². The van der Waals surface area contributed by atoms with Gasteiger partial charge in [-0.3, -0.25) is 4.79 Å². The van der Waals surface area contributed by atoms with Crippen molar-refractivity contribution in [1.82, 2.24) is 0 Å². The summed E-state index contributed by atoms with van der Waals surface area (Å²) in [6.45, 7) is 0.153. The Balaban J connectivity index is 2.07. The lowest BCUT2D eigenvalue weighted by Gasteiger charge is -2.08. The monoisotopic (exact) mass is 309 g/mol. The van der Waals surface area contributed by atoms with Crippen molar-refractivity contribution in [1.29, 1.82) is 0 Å². The number of rotatable bonds is 3. The molecule has 4 heteroatoms. The molecule has 0 unspecified atom stereocenters. The van der Waals surface area contributed by atoms with Gasteiger partial charge in [0.15, 0.2) is 0 Å². The third-order valence-electron chi connectivity index (χ3n) is 3.29. The van der Waals surface area contributed by atoms with Gasteiger partial charge in [-0.2, -0.15) is 0 Å². The number of amides is 1. The summed E-state index contributed by atoms with van der Waals surface area (Å²) >= 11 is 6.05. The first kappa shape index (κ1) is 14.2. The Morgan fingerprint density at radius 3 is 2.91 bits per heavy atom. The molecule has 2 aromatic carbocycles. The van der Waals surface area contributed by atoms with Crippen molar-refractivity contribution in [2.45, 2.75) is 0 Å². The quantitative estimate of drug-likeness (QED) is 0.691. The van der Waals surface area contributed by atoms with E-state index in [0.717, 1.165) is 11.3 Å². The van der Waals surface area contributed by atoms with Gasteiger partial charge in [-0.1, -0.05) is 35.7 Å². The number of fused-ring (bicyclic) bond motifs is 1. The van der Waals surface area contributed by atoms with E-state index >= 15 is 0 Å². The highest BCUT2D eigenvalue weighted by atomic mass is 35.5. The Hall–Kier alpha value is -2.70. The van der Waals surface area contributed by atoms with E-state index in [2.05, 4.69) is 11.2 Å². The van der Waals surface area contributed by atoms with E-state index in [1.165, 1.54) is 0 Å². The summed E-state index contributed by atoms with van der Waals surface area (Å²) in [5.74, 6) is 2.86. The fourth-order valence-electron chi connectivity index (χ4n) is 2.32. The number of hydrogen-bond acceptors (Lipinski definition) is 2. The summed E-state index contributed by atoms with van der Waals surface area (Å²) in [6, 6.07) is 12.7. The number of hydrogen-bond donors (Lipinski definition) is 1. The van der Waals surface area contributed by atoms with Gasteiger partial charge in [0, 0.05) is 27.4 Å². The van der Waals surface area contributed by atoms with Crippen molar-refractivity contribution in [2.24, 2.45) is 0 Å². The van der Waals surface area contributed by atoms with Crippen LogP contribution in [-0.4, -0.2) is 12.5 Å². The van der Waals surface area contributed by atoms with E-state index < -0.39 is 0 Å². The molecule has 0 radical (unpaired) electrons. The third kappa shape index (κ3) is 2.69. The van der Waals surface area contributed by atoms with E-state index in [-0.39, 0.29) is 12.5 Å². The Morgan fingerprint density at radius 2 is 2.09 bits per heavy atom. The Kier molecular flexibility index (Phi) is 3.86. The molecule has 0 atom stereocenters. The van der Waals surface area contributed by atoms with Crippen LogP contribution in [0.1, 0.15) is 11.1 Å². The first-order chi connectivity index (χ1) is 10.7. The maximum atomic E-state index is 12.2. The highest BCUT2D eigenvalue weighted by Crippen LogP contribution is 2.35. The number of ether oxygens (including phenoxy) is 1. The molecular weight excluding hydrogens is 298 g/mol. The van der Waals surface area contributed by atoms with Crippen molar-refractivity contribution in [3.63, 3.8) is 0 Å². The average Bonchev–Trinajstić information content (AvgIpc) is 2.83. The number of benzene rings is 2. The first-order valence-corrected chi connectivity index (χ1v) is 7.05. The van der Waals surface area contributed by atoms with Crippen LogP contribution >= 0.6 is 11.6 Å². The van der Waals surface area contributed by atoms with Gasteiger partial charge >= 0.3 is 0 Å². The van der Waals surface area contributed by atoms with Gasteiger partial charge in [0.1, 0.15) is 12.4 Å². The van der Waals surface area contributed by atoms with Crippen molar-refractivity contribution in [3.05, 3.63) is 58.6 Å². The molecule has 0 saturated carbocycles. The summed E-state index contributed by atoms with van der Waals surface area (Å²) in [5, 5.41) is 3.39. The van der Waals surface area contributed by atoms with Crippen LogP contribution in [0.3, 0.4) is 0 Å². The average molecular weight is 310 g/mol. The fraction of sp³-hybridized carbons (Fsp3) is 0.0556. The SMILES string of the molecule is C#CCOc1ccc(Cl)cc1/C=C1\C(=O)Nc2ccccc21. The number of anilines is 1. The Morgan fingerprint density at radius 1 is 1.27 bits per heavy atom. The minimum absolute atomic E-state index is 0.149. The number of terminal acetylenes is 1. The second-order valence-electron chi connectivity index (χ2n) is 4.73. The van der Waals surface area contributed by atoms with Crippen molar-refractivity contribution in [2.75, 3.05) is 11.9 Å². The zero-order valence-corrected chi connectivity index (χ0v) is 12.4. The molecule has 1 heterocycles. The van der Waals surface area contributed by atoms with Crippen LogP contribution in [0.2, 0.25) is 5.02 Å². The van der Waals surface area contributed by atoms with Crippen LogP contribution < -0.4 is 10.1 Å². The van der Waals surface area contributed by atoms with Crippen LogP contribution in [0.5, 0.6) is 5.75 Å². The van der Waals surface area contributed by atoms with Gasteiger partial charge < -0.3 is 10.1 Å². The summed E-state index contributed by atoms with van der Waals surface area (Å²) in [4.78, 5) is 12.2. The van der Waals surface area contributed by atoms with E-state index in [1.807, 2.05) is 24.3 Å². The molecule has 3 nitrogen and oxygen atoms in total. The van der Waals surface area contributed by atoms with Crippen molar-refractivity contribution in [3.8, 4) is 18.1 Å².